The summed E-state index contributed by atoms with van der Waals surface area (Å²) in [4.78, 5) is 13.4. The number of rotatable bonds is 6. The van der Waals surface area contributed by atoms with Gasteiger partial charge in [0.05, 0.1) is 6.04 Å². The molecule has 24 heavy (non-hydrogen) atoms. The minimum atomic E-state index is 0.0754. The van der Waals surface area contributed by atoms with Crippen LogP contribution in [0.25, 0.3) is 0 Å². The van der Waals surface area contributed by atoms with Crippen LogP contribution in [-0.2, 0) is 17.6 Å². The molecule has 3 rings (SSSR count). The maximum Gasteiger partial charge on any atom is 0.221 e. The molecule has 2 aromatic rings. The normalized spacial score (nSPS) is 14.7. The summed E-state index contributed by atoms with van der Waals surface area (Å²) in [6.45, 7) is 2.08. The summed E-state index contributed by atoms with van der Waals surface area (Å²) in [5.74, 6) is 0.941. The van der Waals surface area contributed by atoms with E-state index in [2.05, 4.69) is 42.6 Å². The number of carbonyl (C=O) groups is 1. The first-order chi connectivity index (χ1) is 11.7. The molecule has 1 aliphatic carbocycles. The lowest BCUT2D eigenvalue weighted by Crippen LogP contribution is -2.27. The first kappa shape index (κ1) is 17.1. The van der Waals surface area contributed by atoms with Crippen molar-refractivity contribution in [1.29, 1.82) is 0 Å². The van der Waals surface area contributed by atoms with Gasteiger partial charge in [-0.25, -0.2) is 0 Å². The highest BCUT2D eigenvalue weighted by Gasteiger charge is 2.14. The van der Waals surface area contributed by atoms with Crippen LogP contribution < -0.4 is 5.32 Å². The van der Waals surface area contributed by atoms with Crippen LogP contribution in [-0.4, -0.2) is 11.7 Å². The standard InChI is InChI=1S/C21H25NOS/c1-16(18-12-11-17-7-5-6-8-19(17)15-18)22-21(23)13-14-24-20-9-3-2-4-10-20/h2-4,9-12,15-16H,5-8,13-14H2,1H3,(H,22,23). The molecule has 0 heterocycles. The summed E-state index contributed by atoms with van der Waals surface area (Å²) >= 11 is 1.73. The third-order valence-corrected chi connectivity index (χ3v) is 5.60. The number of aryl methyl sites for hydroxylation is 2. The molecule has 3 heteroatoms. The third kappa shape index (κ3) is 4.64. The van der Waals surface area contributed by atoms with E-state index in [1.165, 1.54) is 47.3 Å². The van der Waals surface area contributed by atoms with Crippen molar-refractivity contribution >= 4 is 17.7 Å². The zero-order valence-electron chi connectivity index (χ0n) is 14.3. The van der Waals surface area contributed by atoms with Crippen molar-refractivity contribution < 1.29 is 4.79 Å². The highest BCUT2D eigenvalue weighted by molar-refractivity contribution is 7.99. The van der Waals surface area contributed by atoms with Crippen molar-refractivity contribution in [3.05, 3.63) is 65.2 Å². The SMILES string of the molecule is CC(NC(=O)CCSc1ccccc1)c1ccc2c(c1)CCCC2. The predicted octanol–water partition coefficient (Wildman–Crippen LogP) is 4.93. The van der Waals surface area contributed by atoms with Gasteiger partial charge in [0.15, 0.2) is 0 Å². The number of hydrogen-bond acceptors (Lipinski definition) is 2. The molecule has 0 saturated carbocycles. The highest BCUT2D eigenvalue weighted by atomic mass is 32.2. The van der Waals surface area contributed by atoms with Crippen LogP contribution in [0.2, 0.25) is 0 Å². The van der Waals surface area contributed by atoms with Gasteiger partial charge in [-0.15, -0.1) is 11.8 Å². The molecular formula is C21H25NOS. The topological polar surface area (TPSA) is 29.1 Å². The number of nitrogens with one attached hydrogen (secondary N) is 1. The van der Waals surface area contributed by atoms with Crippen molar-refractivity contribution in [2.45, 2.75) is 50.0 Å². The molecule has 1 N–H and O–H groups in total. The second kappa shape index (κ2) is 8.39. The molecule has 1 atom stereocenters. The summed E-state index contributed by atoms with van der Waals surface area (Å²) in [5, 5.41) is 3.14. The zero-order valence-corrected chi connectivity index (χ0v) is 15.1. The van der Waals surface area contributed by atoms with Gasteiger partial charge in [-0.2, -0.15) is 0 Å². The molecule has 126 valence electrons. The van der Waals surface area contributed by atoms with E-state index in [1.54, 1.807) is 11.8 Å². The first-order valence-electron chi connectivity index (χ1n) is 8.81. The van der Waals surface area contributed by atoms with Crippen molar-refractivity contribution in [3.63, 3.8) is 0 Å². The van der Waals surface area contributed by atoms with Gasteiger partial charge in [-0.1, -0.05) is 36.4 Å². The van der Waals surface area contributed by atoms with E-state index < -0.39 is 0 Å². The summed E-state index contributed by atoms with van der Waals surface area (Å²) in [5.41, 5.74) is 4.18. The van der Waals surface area contributed by atoms with Crippen molar-refractivity contribution in [1.82, 2.24) is 5.32 Å². The monoisotopic (exact) mass is 339 g/mol. The summed E-state index contributed by atoms with van der Waals surface area (Å²) in [7, 11) is 0. The Bertz CT molecular complexity index is 683. The average Bonchev–Trinajstić information content (AvgIpc) is 2.62. The number of amides is 1. The van der Waals surface area contributed by atoms with E-state index in [0.29, 0.717) is 6.42 Å². The second-order valence-corrected chi connectivity index (χ2v) is 7.60. The second-order valence-electron chi connectivity index (χ2n) is 6.44. The van der Waals surface area contributed by atoms with E-state index in [-0.39, 0.29) is 11.9 Å². The van der Waals surface area contributed by atoms with E-state index in [9.17, 15) is 4.79 Å². The fourth-order valence-corrected chi connectivity index (χ4v) is 4.07. The van der Waals surface area contributed by atoms with Crippen LogP contribution in [0.15, 0.2) is 53.4 Å². The van der Waals surface area contributed by atoms with Gasteiger partial charge >= 0.3 is 0 Å². The van der Waals surface area contributed by atoms with Gasteiger partial charge in [-0.3, -0.25) is 4.79 Å². The van der Waals surface area contributed by atoms with E-state index in [1.807, 2.05) is 18.2 Å². The number of carbonyl (C=O) groups excluding carboxylic acids is 1. The Labute approximate surface area is 149 Å². The molecule has 0 aromatic heterocycles. The van der Waals surface area contributed by atoms with Crippen LogP contribution >= 0.6 is 11.8 Å². The molecule has 0 spiro atoms. The van der Waals surface area contributed by atoms with Crippen molar-refractivity contribution in [2.24, 2.45) is 0 Å². The van der Waals surface area contributed by atoms with Gasteiger partial charge in [-0.05, 0) is 61.4 Å². The molecule has 2 aromatic carbocycles. The van der Waals surface area contributed by atoms with Crippen molar-refractivity contribution in [3.8, 4) is 0 Å². The van der Waals surface area contributed by atoms with Gasteiger partial charge in [0.2, 0.25) is 5.91 Å². The molecule has 2 nitrogen and oxygen atoms in total. The molecule has 1 unspecified atom stereocenters. The molecule has 0 bridgehead atoms. The molecule has 1 aliphatic rings. The largest absolute Gasteiger partial charge is 0.350 e. The Hall–Kier alpha value is -1.74. The highest BCUT2D eigenvalue weighted by Crippen LogP contribution is 2.25. The Morgan fingerprint density at radius 2 is 1.83 bits per heavy atom. The van der Waals surface area contributed by atoms with Gasteiger partial charge in [0, 0.05) is 17.1 Å². The van der Waals surface area contributed by atoms with E-state index in [0.717, 1.165) is 5.75 Å². The van der Waals surface area contributed by atoms with Crippen LogP contribution in [0.5, 0.6) is 0 Å². The quantitative estimate of drug-likeness (QED) is 0.757. The Morgan fingerprint density at radius 3 is 2.62 bits per heavy atom. The van der Waals surface area contributed by atoms with Crippen molar-refractivity contribution in [2.75, 3.05) is 5.75 Å². The molecule has 0 saturated heterocycles. The molecule has 0 aliphatic heterocycles. The van der Waals surface area contributed by atoms with Crippen LogP contribution in [0, 0.1) is 0 Å². The minimum absolute atomic E-state index is 0.0754. The fraction of sp³-hybridized carbons (Fsp3) is 0.381. The lowest BCUT2D eigenvalue weighted by atomic mass is 9.89. The molecule has 0 fully saturated rings. The molecular weight excluding hydrogens is 314 g/mol. The van der Waals surface area contributed by atoms with Gasteiger partial charge in [0.25, 0.3) is 0 Å². The zero-order chi connectivity index (χ0) is 16.8. The maximum atomic E-state index is 12.2. The van der Waals surface area contributed by atoms with Gasteiger partial charge in [0.1, 0.15) is 0 Å². The third-order valence-electron chi connectivity index (χ3n) is 4.59. The van der Waals surface area contributed by atoms with Crippen LogP contribution in [0.3, 0.4) is 0 Å². The lowest BCUT2D eigenvalue weighted by molar-refractivity contribution is -0.121. The minimum Gasteiger partial charge on any atom is -0.350 e. The smallest absolute Gasteiger partial charge is 0.221 e. The summed E-state index contributed by atoms with van der Waals surface area (Å²) < 4.78 is 0. The Kier molecular flexibility index (Phi) is 5.97. The van der Waals surface area contributed by atoms with Gasteiger partial charge < -0.3 is 5.32 Å². The predicted molar refractivity (Wildman–Crippen MR) is 101 cm³/mol. The van der Waals surface area contributed by atoms with Crippen LogP contribution in [0.4, 0.5) is 0 Å². The van der Waals surface area contributed by atoms with E-state index >= 15 is 0 Å². The number of hydrogen-bond donors (Lipinski definition) is 1. The lowest BCUT2D eigenvalue weighted by Gasteiger charge is -2.20. The Balaban J connectivity index is 1.49. The average molecular weight is 340 g/mol. The number of fused-ring (bicyclic) bond motifs is 1. The van der Waals surface area contributed by atoms with Crippen LogP contribution in [0.1, 0.15) is 48.9 Å². The maximum absolute atomic E-state index is 12.2. The molecule has 1 amide bonds. The first-order valence-corrected chi connectivity index (χ1v) is 9.80. The number of thioether (sulfide) groups is 1. The molecule has 0 radical (unpaired) electrons. The summed E-state index contributed by atoms with van der Waals surface area (Å²) in [6.07, 6.45) is 5.52. The van der Waals surface area contributed by atoms with E-state index in [4.69, 9.17) is 0 Å². The Morgan fingerprint density at radius 1 is 1.08 bits per heavy atom. The fourth-order valence-electron chi connectivity index (χ4n) is 3.20. The summed E-state index contributed by atoms with van der Waals surface area (Å²) in [6, 6.07) is 17.0. The number of benzene rings is 2.